The number of nitrogens with zero attached hydrogens (tertiary/aromatic N) is 1. The number of rotatable bonds is 5. The van der Waals surface area contributed by atoms with Gasteiger partial charge in [-0.15, -0.1) is 12.4 Å². The van der Waals surface area contributed by atoms with Gasteiger partial charge in [0.15, 0.2) is 5.76 Å². The van der Waals surface area contributed by atoms with E-state index in [1.165, 1.54) is 12.1 Å². The normalized spacial score (nSPS) is 19.7. The second-order valence-electron chi connectivity index (χ2n) is 6.53. The lowest BCUT2D eigenvalue weighted by atomic mass is 9.92. The first-order valence-electron chi connectivity index (χ1n) is 8.55. The summed E-state index contributed by atoms with van der Waals surface area (Å²) >= 11 is 0. The van der Waals surface area contributed by atoms with E-state index >= 15 is 0 Å². The quantitative estimate of drug-likeness (QED) is 0.857. The summed E-state index contributed by atoms with van der Waals surface area (Å²) in [4.78, 5) is 14.5. The fourth-order valence-corrected chi connectivity index (χ4v) is 3.14. The summed E-state index contributed by atoms with van der Waals surface area (Å²) in [5, 5.41) is 0. The van der Waals surface area contributed by atoms with Crippen molar-refractivity contribution in [3.05, 3.63) is 53.7 Å². The highest BCUT2D eigenvalue weighted by molar-refractivity contribution is 5.91. The Morgan fingerprint density at radius 1 is 1.31 bits per heavy atom. The highest BCUT2D eigenvalue weighted by Crippen LogP contribution is 2.24. The first kappa shape index (κ1) is 20.3. The zero-order valence-corrected chi connectivity index (χ0v) is 15.5. The average Bonchev–Trinajstić information content (AvgIpc) is 3.09. The van der Waals surface area contributed by atoms with E-state index in [-0.39, 0.29) is 36.8 Å². The molecule has 2 heterocycles. The van der Waals surface area contributed by atoms with E-state index in [4.69, 9.17) is 14.9 Å². The molecule has 1 amide bonds. The number of carbonyl (C=O) groups is 1. The molecule has 5 nitrogen and oxygen atoms in total. The van der Waals surface area contributed by atoms with Crippen molar-refractivity contribution in [2.45, 2.75) is 32.4 Å². The van der Waals surface area contributed by atoms with E-state index in [0.717, 1.165) is 12.8 Å². The Labute approximate surface area is 158 Å². The van der Waals surface area contributed by atoms with Crippen molar-refractivity contribution < 1.29 is 18.3 Å². The Morgan fingerprint density at radius 2 is 2.04 bits per heavy atom. The van der Waals surface area contributed by atoms with Gasteiger partial charge >= 0.3 is 0 Å². The highest BCUT2D eigenvalue weighted by Gasteiger charge is 2.30. The molecule has 1 saturated heterocycles. The van der Waals surface area contributed by atoms with Crippen molar-refractivity contribution >= 4 is 18.3 Å². The molecule has 2 N–H and O–H groups in total. The van der Waals surface area contributed by atoms with Crippen LogP contribution >= 0.6 is 12.4 Å². The van der Waals surface area contributed by atoms with Gasteiger partial charge in [0, 0.05) is 19.1 Å². The molecule has 0 spiro atoms. The first-order valence-corrected chi connectivity index (χ1v) is 8.55. The number of furan rings is 1. The summed E-state index contributed by atoms with van der Waals surface area (Å²) in [6.07, 6.45) is 1.90. The van der Waals surface area contributed by atoms with Crippen LogP contribution in [0.1, 0.15) is 36.1 Å². The van der Waals surface area contributed by atoms with Crippen LogP contribution in [0.15, 0.2) is 40.8 Å². The molecule has 0 aliphatic carbocycles. The molecule has 26 heavy (non-hydrogen) atoms. The minimum Gasteiger partial charge on any atom is -0.486 e. The van der Waals surface area contributed by atoms with E-state index in [9.17, 15) is 9.18 Å². The summed E-state index contributed by atoms with van der Waals surface area (Å²) in [7, 11) is 0. The number of likely N-dealkylation sites (tertiary alicyclic amines) is 1. The van der Waals surface area contributed by atoms with Crippen molar-refractivity contribution in [1.29, 1.82) is 0 Å². The number of piperidine rings is 1. The SMILES string of the molecule is CC1CCN(C(=O)c2ccc(COc3ccc(F)cc3)o2)C(CN)C1.Cl. The van der Waals surface area contributed by atoms with Crippen molar-refractivity contribution in [2.24, 2.45) is 11.7 Å². The maximum absolute atomic E-state index is 12.9. The summed E-state index contributed by atoms with van der Waals surface area (Å²) in [6, 6.07) is 9.20. The molecule has 0 bridgehead atoms. The van der Waals surface area contributed by atoms with Crippen LogP contribution in [0.25, 0.3) is 0 Å². The number of hydrogen-bond acceptors (Lipinski definition) is 4. The van der Waals surface area contributed by atoms with Gasteiger partial charge in [-0.1, -0.05) is 6.92 Å². The van der Waals surface area contributed by atoms with Crippen LogP contribution in [-0.2, 0) is 6.61 Å². The Bertz CT molecular complexity index is 720. The molecule has 1 aromatic heterocycles. The standard InChI is InChI=1S/C19H23FN2O3.ClH/c1-13-8-9-22(15(10-13)11-21)19(23)18-7-6-17(25-18)12-24-16-4-2-14(20)3-5-16;/h2-7,13,15H,8-12,21H2,1H3;1H. The summed E-state index contributed by atoms with van der Waals surface area (Å²) in [6.45, 7) is 3.51. The number of halogens is 2. The summed E-state index contributed by atoms with van der Waals surface area (Å²) in [5.41, 5.74) is 5.83. The van der Waals surface area contributed by atoms with Gasteiger partial charge < -0.3 is 19.8 Å². The fourth-order valence-electron chi connectivity index (χ4n) is 3.14. The Balaban J connectivity index is 0.00000243. The Morgan fingerprint density at radius 3 is 2.73 bits per heavy atom. The van der Waals surface area contributed by atoms with Gasteiger partial charge in [0.1, 0.15) is 23.9 Å². The smallest absolute Gasteiger partial charge is 0.289 e. The van der Waals surface area contributed by atoms with Gasteiger partial charge in [-0.3, -0.25) is 4.79 Å². The molecule has 2 atom stereocenters. The lowest BCUT2D eigenvalue weighted by molar-refractivity contribution is 0.0538. The predicted octanol–water partition coefficient (Wildman–Crippen LogP) is 3.62. The second kappa shape index (κ2) is 9.05. The molecule has 3 rings (SSSR count). The van der Waals surface area contributed by atoms with E-state index in [0.29, 0.717) is 36.3 Å². The maximum atomic E-state index is 12.9. The molecule has 7 heteroatoms. The number of benzene rings is 1. The predicted molar refractivity (Wildman–Crippen MR) is 99.0 cm³/mol. The average molecular weight is 383 g/mol. The fraction of sp³-hybridized carbons (Fsp3) is 0.421. The van der Waals surface area contributed by atoms with Crippen LogP contribution in [0.5, 0.6) is 5.75 Å². The molecule has 1 fully saturated rings. The molecule has 1 aliphatic heterocycles. The van der Waals surface area contributed by atoms with Gasteiger partial charge in [-0.25, -0.2) is 4.39 Å². The topological polar surface area (TPSA) is 68.7 Å². The number of nitrogens with two attached hydrogens (primary N) is 1. The number of ether oxygens (including phenoxy) is 1. The lowest BCUT2D eigenvalue weighted by Crippen LogP contribution is -2.49. The van der Waals surface area contributed by atoms with Crippen LogP contribution in [0.2, 0.25) is 0 Å². The van der Waals surface area contributed by atoms with Crippen LogP contribution in [0.3, 0.4) is 0 Å². The maximum Gasteiger partial charge on any atom is 0.289 e. The number of amides is 1. The molecule has 0 saturated carbocycles. The van der Waals surface area contributed by atoms with Crippen molar-refractivity contribution in [3.8, 4) is 5.75 Å². The minimum absolute atomic E-state index is 0. The molecule has 2 unspecified atom stereocenters. The number of hydrogen-bond donors (Lipinski definition) is 1. The zero-order chi connectivity index (χ0) is 17.8. The summed E-state index contributed by atoms with van der Waals surface area (Å²) < 4.78 is 24.0. The highest BCUT2D eigenvalue weighted by atomic mass is 35.5. The molecule has 2 aromatic rings. The monoisotopic (exact) mass is 382 g/mol. The third-order valence-corrected chi connectivity index (χ3v) is 4.58. The van der Waals surface area contributed by atoms with Gasteiger partial charge in [-0.2, -0.15) is 0 Å². The number of carbonyl (C=O) groups excluding carboxylic acids is 1. The van der Waals surface area contributed by atoms with E-state index < -0.39 is 0 Å². The molecule has 1 aliphatic rings. The van der Waals surface area contributed by atoms with Crippen LogP contribution in [0, 0.1) is 11.7 Å². The van der Waals surface area contributed by atoms with Gasteiger partial charge in [0.05, 0.1) is 0 Å². The van der Waals surface area contributed by atoms with Gasteiger partial charge in [-0.05, 0) is 55.2 Å². The van der Waals surface area contributed by atoms with E-state index in [1.54, 1.807) is 24.3 Å². The second-order valence-corrected chi connectivity index (χ2v) is 6.53. The largest absolute Gasteiger partial charge is 0.486 e. The molecule has 1 aromatic carbocycles. The van der Waals surface area contributed by atoms with Crippen LogP contribution in [0.4, 0.5) is 4.39 Å². The molecule has 0 radical (unpaired) electrons. The third kappa shape index (κ3) is 4.77. The summed E-state index contributed by atoms with van der Waals surface area (Å²) in [5.74, 6) is 1.51. The Hall–Kier alpha value is -2.05. The van der Waals surface area contributed by atoms with Crippen molar-refractivity contribution in [2.75, 3.05) is 13.1 Å². The molecule has 142 valence electrons. The minimum atomic E-state index is -0.316. The van der Waals surface area contributed by atoms with Crippen molar-refractivity contribution in [1.82, 2.24) is 4.90 Å². The zero-order valence-electron chi connectivity index (χ0n) is 14.7. The molecular weight excluding hydrogens is 359 g/mol. The van der Waals surface area contributed by atoms with E-state index in [2.05, 4.69) is 6.92 Å². The Kier molecular flexibility index (Phi) is 7.06. The van der Waals surface area contributed by atoms with Crippen molar-refractivity contribution in [3.63, 3.8) is 0 Å². The lowest BCUT2D eigenvalue weighted by Gasteiger charge is -2.37. The molecular formula is C19H24ClFN2O3. The van der Waals surface area contributed by atoms with Gasteiger partial charge in [0.2, 0.25) is 0 Å². The van der Waals surface area contributed by atoms with Crippen LogP contribution in [-0.4, -0.2) is 29.9 Å². The van der Waals surface area contributed by atoms with E-state index in [1.807, 2.05) is 4.90 Å². The first-order chi connectivity index (χ1) is 12.1. The van der Waals surface area contributed by atoms with Crippen LogP contribution < -0.4 is 10.5 Å². The third-order valence-electron chi connectivity index (χ3n) is 4.58. The van der Waals surface area contributed by atoms with Gasteiger partial charge in [0.25, 0.3) is 5.91 Å².